The predicted octanol–water partition coefficient (Wildman–Crippen LogP) is 1.41. The van der Waals surface area contributed by atoms with Crippen molar-refractivity contribution in [3.63, 3.8) is 0 Å². The molecule has 2 saturated heterocycles. The third-order valence-corrected chi connectivity index (χ3v) is 4.80. The molecule has 0 aliphatic carbocycles. The van der Waals surface area contributed by atoms with E-state index in [4.69, 9.17) is 19.4 Å². The van der Waals surface area contributed by atoms with Crippen LogP contribution in [0.3, 0.4) is 0 Å². The first-order valence-corrected chi connectivity index (χ1v) is 9.64. The van der Waals surface area contributed by atoms with Crippen molar-refractivity contribution in [1.29, 1.82) is 0 Å². The maximum atomic E-state index is 13.2. The number of ether oxygens (including phenoxy) is 2. The molecule has 2 aliphatic rings. The van der Waals surface area contributed by atoms with Crippen molar-refractivity contribution in [2.75, 3.05) is 52.5 Å². The van der Waals surface area contributed by atoms with Crippen LogP contribution in [0.5, 0.6) is 0 Å². The number of aryl methyl sites for hydroxylation is 1. The molecule has 7 nitrogen and oxygen atoms in total. The maximum Gasteiger partial charge on any atom is 0.290 e. The molecule has 2 heterocycles. The molecule has 1 aromatic rings. The van der Waals surface area contributed by atoms with Gasteiger partial charge in [-0.25, -0.2) is 4.39 Å². The van der Waals surface area contributed by atoms with Gasteiger partial charge in [0, 0.05) is 32.6 Å². The van der Waals surface area contributed by atoms with Gasteiger partial charge in [-0.05, 0) is 37.1 Å². The number of amides is 1. The lowest BCUT2D eigenvalue weighted by atomic mass is 10.1. The maximum absolute atomic E-state index is 13.2. The first kappa shape index (κ1) is 22.3. The molecule has 1 atom stereocenters. The van der Waals surface area contributed by atoms with Gasteiger partial charge < -0.3 is 19.5 Å². The molecule has 3 rings (SSSR count). The Labute approximate surface area is 165 Å². The zero-order valence-electron chi connectivity index (χ0n) is 16.1. The van der Waals surface area contributed by atoms with Crippen molar-refractivity contribution < 1.29 is 28.6 Å². The molecule has 2 fully saturated rings. The first-order valence-electron chi connectivity index (χ1n) is 9.64. The second-order valence-electron chi connectivity index (χ2n) is 6.84. The highest BCUT2D eigenvalue weighted by atomic mass is 19.1. The molecule has 156 valence electrons. The summed E-state index contributed by atoms with van der Waals surface area (Å²) in [6.07, 6.45) is 2.14. The average Bonchev–Trinajstić information content (AvgIpc) is 2.93. The zero-order chi connectivity index (χ0) is 20.2. The van der Waals surface area contributed by atoms with Gasteiger partial charge in [-0.1, -0.05) is 12.1 Å². The Morgan fingerprint density at radius 3 is 2.79 bits per heavy atom. The second-order valence-corrected chi connectivity index (χ2v) is 6.84. The van der Waals surface area contributed by atoms with Crippen LogP contribution in [0.2, 0.25) is 0 Å². The highest BCUT2D eigenvalue weighted by molar-refractivity contribution is 5.76. The predicted molar refractivity (Wildman–Crippen MR) is 102 cm³/mol. The molecule has 28 heavy (non-hydrogen) atoms. The van der Waals surface area contributed by atoms with E-state index in [1.807, 2.05) is 11.0 Å². The van der Waals surface area contributed by atoms with Crippen molar-refractivity contribution >= 4 is 12.4 Å². The third kappa shape index (κ3) is 7.92. The minimum absolute atomic E-state index is 0.143. The minimum atomic E-state index is -0.250. The van der Waals surface area contributed by atoms with Crippen molar-refractivity contribution in [2.24, 2.45) is 0 Å². The molecule has 0 spiro atoms. The summed E-state index contributed by atoms with van der Waals surface area (Å²) in [7, 11) is 0. The number of carboxylic acid groups (broad SMARTS) is 1. The number of benzene rings is 1. The van der Waals surface area contributed by atoms with E-state index in [0.717, 1.165) is 44.7 Å². The van der Waals surface area contributed by atoms with Gasteiger partial charge in [0.2, 0.25) is 5.91 Å². The molecular formula is C20H29FN2O5. The fourth-order valence-electron chi connectivity index (χ4n) is 3.43. The Morgan fingerprint density at radius 2 is 2.07 bits per heavy atom. The molecule has 1 N–H and O–H groups in total. The largest absolute Gasteiger partial charge is 0.483 e. The van der Waals surface area contributed by atoms with Gasteiger partial charge in [0.15, 0.2) is 0 Å². The van der Waals surface area contributed by atoms with E-state index >= 15 is 0 Å². The van der Waals surface area contributed by atoms with Crippen LogP contribution < -0.4 is 0 Å². The average molecular weight is 396 g/mol. The van der Waals surface area contributed by atoms with Crippen molar-refractivity contribution in [3.05, 3.63) is 35.6 Å². The summed E-state index contributed by atoms with van der Waals surface area (Å²) in [6.45, 7) is 6.01. The zero-order valence-corrected chi connectivity index (χ0v) is 16.1. The standard InChI is InChI=1S/C19H27FN2O3.CH2O2/c20-17-4-1-3-16(13-17)5-6-19(23)22-8-2-7-21(9-10-22)14-18-15-24-11-12-25-18;2-1-3/h1,3-4,13,18H,2,5-12,14-15H2;1H,(H,2,3). The summed E-state index contributed by atoms with van der Waals surface area (Å²) in [5.74, 6) is -0.0902. The molecule has 0 bridgehead atoms. The van der Waals surface area contributed by atoms with Gasteiger partial charge in [0.1, 0.15) is 5.82 Å². The molecule has 1 aromatic carbocycles. The number of carbonyl (C=O) groups excluding carboxylic acids is 1. The van der Waals surface area contributed by atoms with Crippen molar-refractivity contribution in [2.45, 2.75) is 25.4 Å². The van der Waals surface area contributed by atoms with Gasteiger partial charge >= 0.3 is 0 Å². The van der Waals surface area contributed by atoms with Crippen LogP contribution in [-0.4, -0.2) is 85.9 Å². The highest BCUT2D eigenvalue weighted by Gasteiger charge is 2.22. The van der Waals surface area contributed by atoms with Crippen LogP contribution in [0, 0.1) is 5.82 Å². The fraction of sp³-hybridized carbons (Fsp3) is 0.600. The van der Waals surface area contributed by atoms with Crippen LogP contribution in [-0.2, 0) is 25.5 Å². The van der Waals surface area contributed by atoms with Crippen LogP contribution in [0.25, 0.3) is 0 Å². The van der Waals surface area contributed by atoms with E-state index in [2.05, 4.69) is 4.90 Å². The van der Waals surface area contributed by atoms with Gasteiger partial charge in [0.05, 0.1) is 25.9 Å². The van der Waals surface area contributed by atoms with E-state index < -0.39 is 0 Å². The van der Waals surface area contributed by atoms with E-state index in [1.165, 1.54) is 12.1 Å². The van der Waals surface area contributed by atoms with Gasteiger partial charge in [0.25, 0.3) is 6.47 Å². The summed E-state index contributed by atoms with van der Waals surface area (Å²) >= 11 is 0. The Hall–Kier alpha value is -2.03. The lowest BCUT2D eigenvalue weighted by molar-refractivity contribution is -0.131. The molecular weight excluding hydrogens is 367 g/mol. The van der Waals surface area contributed by atoms with Crippen LogP contribution in [0.1, 0.15) is 18.4 Å². The Bertz CT molecular complexity index is 610. The molecule has 1 unspecified atom stereocenters. The van der Waals surface area contributed by atoms with Gasteiger partial charge in [-0.3, -0.25) is 14.5 Å². The number of carbonyl (C=O) groups is 2. The summed E-state index contributed by atoms with van der Waals surface area (Å²) in [4.78, 5) is 25.1. The molecule has 0 radical (unpaired) electrons. The summed E-state index contributed by atoms with van der Waals surface area (Å²) in [5, 5.41) is 6.89. The highest BCUT2D eigenvalue weighted by Crippen LogP contribution is 2.11. The summed E-state index contributed by atoms with van der Waals surface area (Å²) in [5.41, 5.74) is 0.874. The Morgan fingerprint density at radius 1 is 1.25 bits per heavy atom. The van der Waals surface area contributed by atoms with E-state index in [-0.39, 0.29) is 24.3 Å². The van der Waals surface area contributed by atoms with E-state index in [1.54, 1.807) is 6.07 Å². The van der Waals surface area contributed by atoms with Crippen LogP contribution >= 0.6 is 0 Å². The lowest BCUT2D eigenvalue weighted by Crippen LogP contribution is -2.42. The Kier molecular flexibility index (Phi) is 9.88. The molecule has 2 aliphatic heterocycles. The Balaban J connectivity index is 0.000000878. The van der Waals surface area contributed by atoms with Crippen LogP contribution in [0.4, 0.5) is 4.39 Å². The number of halogens is 1. The quantitative estimate of drug-likeness (QED) is 0.758. The normalized spacial score (nSPS) is 20.6. The lowest BCUT2D eigenvalue weighted by Gasteiger charge is -2.29. The molecule has 8 heteroatoms. The van der Waals surface area contributed by atoms with E-state index in [0.29, 0.717) is 32.7 Å². The number of nitrogens with zero attached hydrogens (tertiary/aromatic N) is 2. The number of rotatable bonds is 5. The molecule has 0 saturated carbocycles. The van der Waals surface area contributed by atoms with Crippen molar-refractivity contribution in [3.8, 4) is 0 Å². The second kappa shape index (κ2) is 12.4. The summed E-state index contributed by atoms with van der Waals surface area (Å²) in [6, 6.07) is 6.49. The van der Waals surface area contributed by atoms with Crippen LogP contribution in [0.15, 0.2) is 24.3 Å². The first-order chi connectivity index (χ1) is 13.6. The fourth-order valence-corrected chi connectivity index (χ4v) is 3.43. The smallest absolute Gasteiger partial charge is 0.290 e. The monoisotopic (exact) mass is 396 g/mol. The SMILES string of the molecule is O=C(CCc1cccc(F)c1)N1CCCN(CC2COCCO2)CC1.O=CO. The number of hydrogen-bond acceptors (Lipinski definition) is 5. The van der Waals surface area contributed by atoms with Gasteiger partial charge in [-0.2, -0.15) is 0 Å². The molecule has 1 amide bonds. The molecule has 0 aromatic heterocycles. The summed E-state index contributed by atoms with van der Waals surface area (Å²) < 4.78 is 24.4. The topological polar surface area (TPSA) is 79.3 Å². The third-order valence-electron chi connectivity index (χ3n) is 4.80. The van der Waals surface area contributed by atoms with Gasteiger partial charge in [-0.15, -0.1) is 0 Å². The van der Waals surface area contributed by atoms with Crippen molar-refractivity contribution in [1.82, 2.24) is 9.80 Å². The van der Waals surface area contributed by atoms with E-state index in [9.17, 15) is 9.18 Å². The number of hydrogen-bond donors (Lipinski definition) is 1. The minimum Gasteiger partial charge on any atom is -0.483 e.